The second-order valence-electron chi connectivity index (χ2n) is 4.25. The molecule has 0 bridgehead atoms. The molecule has 0 aromatic carbocycles. The van der Waals surface area contributed by atoms with E-state index in [1.165, 1.54) is 17.4 Å². The van der Waals surface area contributed by atoms with Crippen LogP contribution in [0.15, 0.2) is 17.5 Å². The second kappa shape index (κ2) is 4.95. The fourth-order valence-electron chi connectivity index (χ4n) is 1.71. The molecule has 21 heavy (non-hydrogen) atoms. The van der Waals surface area contributed by atoms with Gasteiger partial charge < -0.3 is 5.32 Å². The van der Waals surface area contributed by atoms with Gasteiger partial charge in [-0.15, -0.1) is 26.6 Å². The van der Waals surface area contributed by atoms with Gasteiger partial charge in [-0.05, 0) is 19.1 Å². The monoisotopic (exact) mass is 314 g/mol. The van der Waals surface area contributed by atoms with Crippen molar-refractivity contribution in [1.82, 2.24) is 24.8 Å². The number of nitrogens with one attached hydrogen (secondary N) is 1. The number of aromatic nitrogens is 5. The number of hydrogen-bond donors (Lipinski definition) is 1. The summed E-state index contributed by atoms with van der Waals surface area (Å²) in [5.74, 6) is -0.855. The number of fused-ring (bicyclic) bond motifs is 1. The first-order chi connectivity index (χ1) is 9.93. The Kier molecular flexibility index (Phi) is 3.24. The van der Waals surface area contributed by atoms with Crippen LogP contribution in [-0.4, -0.2) is 24.8 Å². The number of alkyl halides is 3. The van der Waals surface area contributed by atoms with Crippen molar-refractivity contribution in [3.63, 3.8) is 0 Å². The Balaban J connectivity index is 1.86. The van der Waals surface area contributed by atoms with Crippen molar-refractivity contribution in [2.75, 3.05) is 5.32 Å². The average molecular weight is 314 g/mol. The van der Waals surface area contributed by atoms with Crippen LogP contribution in [-0.2, 0) is 12.7 Å². The molecule has 0 saturated heterocycles. The largest absolute Gasteiger partial charge is 0.453 e. The first-order valence-corrected chi connectivity index (χ1v) is 6.76. The zero-order chi connectivity index (χ0) is 15.0. The number of hydrogen-bond acceptors (Lipinski definition) is 6. The molecular weight excluding hydrogens is 305 g/mol. The fraction of sp³-hybridized carbons (Fsp3) is 0.273. The minimum Gasteiger partial charge on any atom is -0.362 e. The molecule has 0 unspecified atom stereocenters. The summed E-state index contributed by atoms with van der Waals surface area (Å²) in [6.45, 7) is 2.26. The Morgan fingerprint density at radius 2 is 2.10 bits per heavy atom. The van der Waals surface area contributed by atoms with Crippen LogP contribution in [0.25, 0.3) is 5.65 Å². The van der Waals surface area contributed by atoms with Gasteiger partial charge in [-0.1, -0.05) is 0 Å². The third-order valence-corrected chi connectivity index (χ3v) is 3.57. The van der Waals surface area contributed by atoms with Crippen molar-refractivity contribution in [2.24, 2.45) is 0 Å². The molecule has 1 N–H and O–H groups in total. The zero-order valence-corrected chi connectivity index (χ0v) is 11.5. The minimum atomic E-state index is -4.60. The van der Waals surface area contributed by atoms with E-state index >= 15 is 0 Å². The molecule has 3 aromatic heterocycles. The smallest absolute Gasteiger partial charge is 0.362 e. The van der Waals surface area contributed by atoms with Crippen LogP contribution >= 0.6 is 11.3 Å². The molecule has 0 atom stereocenters. The van der Waals surface area contributed by atoms with Crippen molar-refractivity contribution >= 4 is 22.8 Å². The van der Waals surface area contributed by atoms with Gasteiger partial charge in [0.1, 0.15) is 10.8 Å². The maximum Gasteiger partial charge on any atom is 0.453 e. The Bertz CT molecular complexity index is 778. The molecule has 0 spiro atoms. The maximum absolute atomic E-state index is 12.7. The van der Waals surface area contributed by atoms with Crippen LogP contribution in [0.2, 0.25) is 0 Å². The second-order valence-corrected chi connectivity index (χ2v) is 5.19. The summed E-state index contributed by atoms with van der Waals surface area (Å²) in [7, 11) is 0. The highest BCUT2D eigenvalue weighted by molar-refractivity contribution is 7.09. The molecule has 10 heteroatoms. The highest BCUT2D eigenvalue weighted by Gasteiger charge is 2.37. The fourth-order valence-corrected chi connectivity index (χ4v) is 2.42. The molecule has 3 heterocycles. The molecule has 0 aliphatic carbocycles. The summed E-state index contributed by atoms with van der Waals surface area (Å²) >= 11 is 1.47. The van der Waals surface area contributed by atoms with Crippen LogP contribution in [0, 0.1) is 6.92 Å². The van der Waals surface area contributed by atoms with Gasteiger partial charge in [-0.25, -0.2) is 4.98 Å². The van der Waals surface area contributed by atoms with Gasteiger partial charge in [0.2, 0.25) is 0 Å². The van der Waals surface area contributed by atoms with Crippen molar-refractivity contribution < 1.29 is 13.2 Å². The maximum atomic E-state index is 12.7. The number of nitrogens with zero attached hydrogens (tertiary/aromatic N) is 5. The summed E-state index contributed by atoms with van der Waals surface area (Å²) in [6.07, 6.45) is -4.60. The molecule has 0 aliphatic rings. The predicted molar refractivity (Wildman–Crippen MR) is 70.0 cm³/mol. The molecule has 0 aliphatic heterocycles. The van der Waals surface area contributed by atoms with Crippen LogP contribution in [0.3, 0.4) is 0 Å². The molecule has 0 fully saturated rings. The van der Waals surface area contributed by atoms with Crippen molar-refractivity contribution in [2.45, 2.75) is 19.6 Å². The number of halogens is 3. The third kappa shape index (κ3) is 2.79. The summed E-state index contributed by atoms with van der Waals surface area (Å²) in [5.41, 5.74) is 0.941. The van der Waals surface area contributed by atoms with Crippen LogP contribution < -0.4 is 5.32 Å². The quantitative estimate of drug-likeness (QED) is 0.804. The van der Waals surface area contributed by atoms with E-state index in [1.54, 1.807) is 6.07 Å². The highest BCUT2D eigenvalue weighted by Crippen LogP contribution is 2.27. The molecule has 0 radical (unpaired) electrons. The van der Waals surface area contributed by atoms with E-state index in [-0.39, 0.29) is 5.65 Å². The SMILES string of the molecule is Cc1csc(CNc2ccc3nnc(C(F)(F)F)n3n2)n1. The lowest BCUT2D eigenvalue weighted by Crippen LogP contribution is -2.13. The third-order valence-electron chi connectivity index (χ3n) is 2.60. The topological polar surface area (TPSA) is 68.0 Å². The number of aryl methyl sites for hydroxylation is 1. The van der Waals surface area contributed by atoms with E-state index in [0.29, 0.717) is 16.9 Å². The predicted octanol–water partition coefficient (Wildman–Crippen LogP) is 2.52. The summed E-state index contributed by atoms with van der Waals surface area (Å²) < 4.78 is 38.9. The van der Waals surface area contributed by atoms with E-state index in [4.69, 9.17) is 0 Å². The normalized spacial score (nSPS) is 12.0. The van der Waals surface area contributed by atoms with Gasteiger partial charge in [-0.3, -0.25) is 0 Å². The van der Waals surface area contributed by atoms with Crippen molar-refractivity contribution in [3.05, 3.63) is 34.0 Å². The number of anilines is 1. The Morgan fingerprint density at radius 1 is 1.29 bits per heavy atom. The minimum absolute atomic E-state index is 0.0398. The summed E-state index contributed by atoms with van der Waals surface area (Å²) in [4.78, 5) is 4.25. The van der Waals surface area contributed by atoms with Crippen LogP contribution in [0.4, 0.5) is 19.0 Å². The zero-order valence-electron chi connectivity index (χ0n) is 10.7. The summed E-state index contributed by atoms with van der Waals surface area (Å²) in [6, 6.07) is 2.97. The van der Waals surface area contributed by atoms with E-state index < -0.39 is 12.0 Å². The molecule has 0 saturated carbocycles. The van der Waals surface area contributed by atoms with E-state index in [2.05, 4.69) is 25.6 Å². The molecule has 0 amide bonds. The Morgan fingerprint density at radius 3 is 2.76 bits per heavy atom. The number of rotatable bonds is 3. The standard InChI is InChI=1S/C11H9F3N6S/c1-6-5-21-9(16-6)4-15-7-2-3-8-17-18-10(11(12,13)14)20(8)19-7/h2-3,5H,4H2,1H3,(H,15,19). The van der Waals surface area contributed by atoms with Gasteiger partial charge >= 0.3 is 6.18 Å². The van der Waals surface area contributed by atoms with Gasteiger partial charge in [0.25, 0.3) is 5.82 Å². The lowest BCUT2D eigenvalue weighted by molar-refractivity contribution is -0.146. The van der Waals surface area contributed by atoms with E-state index in [1.807, 2.05) is 12.3 Å². The van der Waals surface area contributed by atoms with Gasteiger partial charge in [0, 0.05) is 11.1 Å². The van der Waals surface area contributed by atoms with Crippen molar-refractivity contribution in [3.8, 4) is 0 Å². The molecular formula is C11H9F3N6S. The molecule has 110 valence electrons. The summed E-state index contributed by atoms with van der Waals surface area (Å²) in [5, 5.41) is 16.1. The average Bonchev–Trinajstić information content (AvgIpc) is 3.01. The van der Waals surface area contributed by atoms with Crippen LogP contribution in [0.1, 0.15) is 16.5 Å². The highest BCUT2D eigenvalue weighted by atomic mass is 32.1. The molecule has 3 aromatic rings. The lowest BCUT2D eigenvalue weighted by Gasteiger charge is -2.06. The Hall–Kier alpha value is -2.23. The van der Waals surface area contributed by atoms with Crippen LogP contribution in [0.5, 0.6) is 0 Å². The first-order valence-electron chi connectivity index (χ1n) is 5.88. The van der Waals surface area contributed by atoms with Gasteiger partial charge in [0.15, 0.2) is 5.65 Å². The van der Waals surface area contributed by atoms with Gasteiger partial charge in [-0.2, -0.15) is 17.7 Å². The van der Waals surface area contributed by atoms with Crippen molar-refractivity contribution in [1.29, 1.82) is 0 Å². The number of thiazole rings is 1. The van der Waals surface area contributed by atoms with E-state index in [0.717, 1.165) is 10.7 Å². The van der Waals surface area contributed by atoms with E-state index in [9.17, 15) is 13.2 Å². The molecule has 3 rings (SSSR count). The Labute approximate surface area is 120 Å². The van der Waals surface area contributed by atoms with Gasteiger partial charge in [0.05, 0.1) is 6.54 Å². The first kappa shape index (κ1) is 13.7. The molecule has 6 nitrogen and oxygen atoms in total. The lowest BCUT2D eigenvalue weighted by atomic mass is 10.5.